The van der Waals surface area contributed by atoms with Gasteiger partial charge in [-0.25, -0.2) is 0 Å². The molecule has 0 bridgehead atoms. The van der Waals surface area contributed by atoms with E-state index in [1.165, 1.54) is 12.8 Å². The van der Waals surface area contributed by atoms with E-state index in [1.807, 2.05) is 24.3 Å². The van der Waals surface area contributed by atoms with Gasteiger partial charge in [-0.1, -0.05) is 31.9 Å². The maximum atomic E-state index is 5.77. The van der Waals surface area contributed by atoms with Gasteiger partial charge in [0, 0.05) is 13.7 Å². The summed E-state index contributed by atoms with van der Waals surface area (Å²) in [6, 6.07) is 8.04. The molecule has 0 spiro atoms. The highest BCUT2D eigenvalue weighted by Crippen LogP contribution is 2.23. The van der Waals surface area contributed by atoms with Gasteiger partial charge in [-0.05, 0) is 18.6 Å². The topological polar surface area (TPSA) is 30.5 Å². The molecule has 0 heterocycles. The largest absolute Gasteiger partial charge is 0.491 e. The van der Waals surface area contributed by atoms with E-state index in [1.54, 1.807) is 7.11 Å². The number of rotatable bonds is 9. The van der Waals surface area contributed by atoms with Crippen LogP contribution in [0.2, 0.25) is 0 Å². The number of anilines is 1. The number of methoxy groups -OCH3 is 1. The SMILES string of the molecule is CCCCCOc1ccccc1NCCOC. The Morgan fingerprint density at radius 1 is 1.12 bits per heavy atom. The first kappa shape index (κ1) is 13.8. The van der Waals surface area contributed by atoms with Crippen molar-refractivity contribution >= 4 is 5.69 Å². The van der Waals surface area contributed by atoms with Crippen LogP contribution in [0.4, 0.5) is 5.69 Å². The minimum Gasteiger partial charge on any atom is -0.491 e. The lowest BCUT2D eigenvalue weighted by molar-refractivity contribution is 0.210. The van der Waals surface area contributed by atoms with Crippen LogP contribution < -0.4 is 10.1 Å². The second-order valence-corrected chi connectivity index (χ2v) is 3.97. The van der Waals surface area contributed by atoms with E-state index < -0.39 is 0 Å². The van der Waals surface area contributed by atoms with Crippen molar-refractivity contribution in [2.75, 3.05) is 32.2 Å². The monoisotopic (exact) mass is 237 g/mol. The third kappa shape index (κ3) is 5.59. The normalized spacial score (nSPS) is 10.2. The molecule has 0 amide bonds. The van der Waals surface area contributed by atoms with E-state index in [9.17, 15) is 0 Å². The Morgan fingerprint density at radius 3 is 2.71 bits per heavy atom. The van der Waals surface area contributed by atoms with Gasteiger partial charge in [0.2, 0.25) is 0 Å². The lowest BCUT2D eigenvalue weighted by Gasteiger charge is -2.12. The molecule has 0 saturated heterocycles. The number of ether oxygens (including phenoxy) is 2. The second-order valence-electron chi connectivity index (χ2n) is 3.97. The van der Waals surface area contributed by atoms with E-state index in [4.69, 9.17) is 9.47 Å². The van der Waals surface area contributed by atoms with Gasteiger partial charge in [-0.2, -0.15) is 0 Å². The summed E-state index contributed by atoms with van der Waals surface area (Å²) in [7, 11) is 1.70. The first-order valence-corrected chi connectivity index (χ1v) is 6.33. The van der Waals surface area contributed by atoms with Crippen molar-refractivity contribution in [1.82, 2.24) is 0 Å². The van der Waals surface area contributed by atoms with Gasteiger partial charge < -0.3 is 14.8 Å². The van der Waals surface area contributed by atoms with E-state index >= 15 is 0 Å². The lowest BCUT2D eigenvalue weighted by Crippen LogP contribution is -2.09. The second kappa shape index (κ2) is 8.88. The van der Waals surface area contributed by atoms with Crippen molar-refractivity contribution < 1.29 is 9.47 Å². The number of unbranched alkanes of at least 4 members (excludes halogenated alkanes) is 2. The summed E-state index contributed by atoms with van der Waals surface area (Å²) < 4.78 is 10.8. The molecule has 17 heavy (non-hydrogen) atoms. The number of para-hydroxylation sites is 2. The molecule has 1 rings (SSSR count). The maximum Gasteiger partial charge on any atom is 0.142 e. The molecule has 3 heteroatoms. The van der Waals surface area contributed by atoms with Crippen LogP contribution in [0.15, 0.2) is 24.3 Å². The number of benzene rings is 1. The van der Waals surface area contributed by atoms with Crippen molar-refractivity contribution in [2.45, 2.75) is 26.2 Å². The molecule has 96 valence electrons. The highest BCUT2D eigenvalue weighted by molar-refractivity contribution is 5.56. The van der Waals surface area contributed by atoms with Crippen LogP contribution in [0.3, 0.4) is 0 Å². The summed E-state index contributed by atoms with van der Waals surface area (Å²) >= 11 is 0. The molecule has 0 radical (unpaired) electrons. The fourth-order valence-electron chi connectivity index (χ4n) is 1.56. The number of nitrogens with one attached hydrogen (secondary N) is 1. The van der Waals surface area contributed by atoms with Gasteiger partial charge in [0.05, 0.1) is 18.9 Å². The Bertz CT molecular complexity index is 302. The Kier molecular flexibility index (Phi) is 7.23. The van der Waals surface area contributed by atoms with Crippen molar-refractivity contribution in [3.05, 3.63) is 24.3 Å². The zero-order chi connectivity index (χ0) is 12.3. The van der Waals surface area contributed by atoms with Gasteiger partial charge in [-0.3, -0.25) is 0 Å². The van der Waals surface area contributed by atoms with E-state index in [0.717, 1.165) is 31.0 Å². The van der Waals surface area contributed by atoms with Crippen LogP contribution in [0.5, 0.6) is 5.75 Å². The van der Waals surface area contributed by atoms with Gasteiger partial charge in [-0.15, -0.1) is 0 Å². The Hall–Kier alpha value is -1.22. The number of hydrogen-bond acceptors (Lipinski definition) is 3. The maximum absolute atomic E-state index is 5.77. The molecular weight excluding hydrogens is 214 g/mol. The molecule has 0 aromatic heterocycles. The summed E-state index contributed by atoms with van der Waals surface area (Å²) in [6.45, 7) is 4.48. The van der Waals surface area contributed by atoms with Gasteiger partial charge in [0.25, 0.3) is 0 Å². The van der Waals surface area contributed by atoms with Crippen LogP contribution >= 0.6 is 0 Å². The molecule has 0 unspecified atom stereocenters. The average Bonchev–Trinajstić information content (AvgIpc) is 2.36. The molecule has 0 fully saturated rings. The van der Waals surface area contributed by atoms with E-state index in [0.29, 0.717) is 6.61 Å². The summed E-state index contributed by atoms with van der Waals surface area (Å²) in [5.74, 6) is 0.930. The van der Waals surface area contributed by atoms with Crippen molar-refractivity contribution in [3.63, 3.8) is 0 Å². The molecule has 3 nitrogen and oxygen atoms in total. The van der Waals surface area contributed by atoms with Crippen molar-refractivity contribution in [1.29, 1.82) is 0 Å². The van der Waals surface area contributed by atoms with E-state index in [-0.39, 0.29) is 0 Å². The molecule has 0 atom stereocenters. The highest BCUT2D eigenvalue weighted by atomic mass is 16.5. The third-order valence-corrected chi connectivity index (χ3v) is 2.51. The van der Waals surface area contributed by atoms with Gasteiger partial charge in [0.15, 0.2) is 0 Å². The van der Waals surface area contributed by atoms with Crippen LogP contribution in [0.1, 0.15) is 26.2 Å². The minimum absolute atomic E-state index is 0.699. The standard InChI is InChI=1S/C14H23NO2/c1-3-4-7-11-17-14-9-6-5-8-13(14)15-10-12-16-2/h5-6,8-9,15H,3-4,7,10-12H2,1-2H3. The van der Waals surface area contributed by atoms with Crippen LogP contribution in [-0.4, -0.2) is 26.9 Å². The Balaban J connectivity index is 2.40. The third-order valence-electron chi connectivity index (χ3n) is 2.51. The first-order valence-electron chi connectivity index (χ1n) is 6.33. The summed E-state index contributed by atoms with van der Waals surface area (Å²) in [5, 5.41) is 3.31. The highest BCUT2D eigenvalue weighted by Gasteiger charge is 2.01. The van der Waals surface area contributed by atoms with Gasteiger partial charge >= 0.3 is 0 Å². The fourth-order valence-corrected chi connectivity index (χ4v) is 1.56. The summed E-state index contributed by atoms with van der Waals surface area (Å²) in [6.07, 6.45) is 3.55. The zero-order valence-corrected chi connectivity index (χ0v) is 10.9. The quantitative estimate of drug-likeness (QED) is 0.668. The molecular formula is C14H23NO2. The molecule has 0 saturated carbocycles. The molecule has 1 aromatic carbocycles. The minimum atomic E-state index is 0.699. The summed E-state index contributed by atoms with van der Waals surface area (Å²) in [4.78, 5) is 0. The fraction of sp³-hybridized carbons (Fsp3) is 0.571. The molecule has 1 aromatic rings. The molecule has 1 N–H and O–H groups in total. The predicted octanol–water partition coefficient (Wildman–Crippen LogP) is 3.31. The van der Waals surface area contributed by atoms with Crippen molar-refractivity contribution in [3.8, 4) is 5.75 Å². The average molecular weight is 237 g/mol. The molecule has 0 aliphatic rings. The molecule has 0 aliphatic heterocycles. The first-order chi connectivity index (χ1) is 8.38. The van der Waals surface area contributed by atoms with Crippen LogP contribution in [0, 0.1) is 0 Å². The van der Waals surface area contributed by atoms with Crippen LogP contribution in [0.25, 0.3) is 0 Å². The van der Waals surface area contributed by atoms with Crippen LogP contribution in [-0.2, 0) is 4.74 Å². The van der Waals surface area contributed by atoms with E-state index in [2.05, 4.69) is 12.2 Å². The smallest absolute Gasteiger partial charge is 0.142 e. The van der Waals surface area contributed by atoms with Gasteiger partial charge in [0.1, 0.15) is 5.75 Å². The predicted molar refractivity (Wildman–Crippen MR) is 71.8 cm³/mol. The zero-order valence-electron chi connectivity index (χ0n) is 10.9. The summed E-state index contributed by atoms with van der Waals surface area (Å²) in [5.41, 5.74) is 1.04. The number of hydrogen-bond donors (Lipinski definition) is 1. The molecule has 0 aliphatic carbocycles. The Morgan fingerprint density at radius 2 is 1.94 bits per heavy atom. The van der Waals surface area contributed by atoms with Crippen molar-refractivity contribution in [2.24, 2.45) is 0 Å². The Labute approximate surface area is 104 Å². The lowest BCUT2D eigenvalue weighted by atomic mass is 10.2.